The van der Waals surface area contributed by atoms with Crippen molar-refractivity contribution in [3.8, 4) is 5.75 Å². The van der Waals surface area contributed by atoms with Gasteiger partial charge >= 0.3 is 0 Å². The zero-order chi connectivity index (χ0) is 14.5. The van der Waals surface area contributed by atoms with Crippen LogP contribution in [0.25, 0.3) is 0 Å². The zero-order valence-corrected chi connectivity index (χ0v) is 12.0. The third-order valence-electron chi connectivity index (χ3n) is 3.43. The molecule has 0 fully saturated rings. The standard InChI is InChI=1S/C15H22N2O3/c1-10(8-19-2)17-15(18)9-20-12-4-5-13-11(7-12)3-6-14(13)16/h4-5,7,10,14H,3,6,8-9,16H2,1-2H3,(H,17,18)/t10?,14-/m0/s1. The fourth-order valence-electron chi connectivity index (χ4n) is 2.47. The second-order valence-corrected chi connectivity index (χ2v) is 5.22. The van der Waals surface area contributed by atoms with Gasteiger partial charge < -0.3 is 20.5 Å². The molecule has 110 valence electrons. The Balaban J connectivity index is 1.84. The maximum absolute atomic E-state index is 11.7. The Hall–Kier alpha value is -1.59. The SMILES string of the molecule is COCC(C)NC(=O)COc1ccc2c(c1)CC[C@@H]2N. The van der Waals surface area contributed by atoms with Gasteiger partial charge in [0.25, 0.3) is 5.91 Å². The first-order chi connectivity index (χ1) is 9.60. The zero-order valence-electron chi connectivity index (χ0n) is 12.0. The molecule has 0 heterocycles. The first kappa shape index (κ1) is 14.8. The number of rotatable bonds is 6. The molecular weight excluding hydrogens is 256 g/mol. The van der Waals surface area contributed by atoms with Crippen LogP contribution in [0.1, 0.15) is 30.5 Å². The van der Waals surface area contributed by atoms with E-state index in [1.165, 1.54) is 11.1 Å². The Bertz CT molecular complexity index is 476. The molecule has 0 aromatic heterocycles. The number of benzene rings is 1. The fraction of sp³-hybridized carbons (Fsp3) is 0.533. The Morgan fingerprint density at radius 1 is 1.55 bits per heavy atom. The summed E-state index contributed by atoms with van der Waals surface area (Å²) in [4.78, 5) is 11.7. The molecule has 1 aromatic carbocycles. The molecule has 2 rings (SSSR count). The molecule has 0 aliphatic heterocycles. The highest BCUT2D eigenvalue weighted by molar-refractivity contribution is 5.77. The minimum absolute atomic E-state index is 0.0128. The number of hydrogen-bond acceptors (Lipinski definition) is 4. The van der Waals surface area contributed by atoms with Crippen molar-refractivity contribution in [3.63, 3.8) is 0 Å². The van der Waals surface area contributed by atoms with Gasteiger partial charge in [0.05, 0.1) is 6.61 Å². The van der Waals surface area contributed by atoms with Crippen LogP contribution < -0.4 is 15.8 Å². The average Bonchev–Trinajstić information content (AvgIpc) is 2.78. The van der Waals surface area contributed by atoms with Gasteiger partial charge in [0, 0.05) is 19.2 Å². The van der Waals surface area contributed by atoms with Crippen molar-refractivity contribution in [1.29, 1.82) is 0 Å². The van der Waals surface area contributed by atoms with E-state index in [-0.39, 0.29) is 24.6 Å². The molecule has 0 saturated carbocycles. The monoisotopic (exact) mass is 278 g/mol. The molecule has 1 aliphatic rings. The van der Waals surface area contributed by atoms with Crippen molar-refractivity contribution < 1.29 is 14.3 Å². The highest BCUT2D eigenvalue weighted by Gasteiger charge is 2.19. The van der Waals surface area contributed by atoms with Crippen LogP contribution in [0.4, 0.5) is 0 Å². The van der Waals surface area contributed by atoms with Gasteiger partial charge in [-0.1, -0.05) is 6.07 Å². The van der Waals surface area contributed by atoms with Gasteiger partial charge in [0.1, 0.15) is 5.75 Å². The fourth-order valence-corrected chi connectivity index (χ4v) is 2.47. The number of carbonyl (C=O) groups excluding carboxylic acids is 1. The molecule has 0 saturated heterocycles. The van der Waals surface area contributed by atoms with Gasteiger partial charge in [-0.2, -0.15) is 0 Å². The average molecular weight is 278 g/mol. The molecular formula is C15H22N2O3. The van der Waals surface area contributed by atoms with Crippen LogP contribution in [-0.4, -0.2) is 32.3 Å². The molecule has 5 nitrogen and oxygen atoms in total. The smallest absolute Gasteiger partial charge is 0.258 e. The normalized spacial score (nSPS) is 18.4. The van der Waals surface area contributed by atoms with Crippen LogP contribution in [0.2, 0.25) is 0 Å². The third kappa shape index (κ3) is 3.71. The lowest BCUT2D eigenvalue weighted by Crippen LogP contribution is -2.38. The summed E-state index contributed by atoms with van der Waals surface area (Å²) in [5.74, 6) is 0.569. The van der Waals surface area contributed by atoms with Crippen molar-refractivity contribution >= 4 is 5.91 Å². The molecule has 2 atom stereocenters. The van der Waals surface area contributed by atoms with Crippen LogP contribution in [0, 0.1) is 0 Å². The summed E-state index contributed by atoms with van der Waals surface area (Å²) in [6.07, 6.45) is 1.96. The van der Waals surface area contributed by atoms with E-state index in [4.69, 9.17) is 15.2 Å². The van der Waals surface area contributed by atoms with Crippen molar-refractivity contribution in [2.45, 2.75) is 31.8 Å². The number of carbonyl (C=O) groups is 1. The van der Waals surface area contributed by atoms with Gasteiger partial charge in [-0.05, 0) is 43.0 Å². The minimum Gasteiger partial charge on any atom is -0.484 e. The highest BCUT2D eigenvalue weighted by Crippen LogP contribution is 2.31. The molecule has 1 aliphatic carbocycles. The van der Waals surface area contributed by atoms with Crippen molar-refractivity contribution in [1.82, 2.24) is 5.32 Å². The number of ether oxygens (including phenoxy) is 2. The lowest BCUT2D eigenvalue weighted by Gasteiger charge is -2.13. The van der Waals surface area contributed by atoms with E-state index < -0.39 is 0 Å². The molecule has 3 N–H and O–H groups in total. The molecule has 5 heteroatoms. The molecule has 20 heavy (non-hydrogen) atoms. The van der Waals surface area contributed by atoms with Gasteiger partial charge in [0.15, 0.2) is 6.61 Å². The molecule has 0 bridgehead atoms. The number of nitrogens with one attached hydrogen (secondary N) is 1. The van der Waals surface area contributed by atoms with Crippen LogP contribution in [0.15, 0.2) is 18.2 Å². The van der Waals surface area contributed by atoms with Crippen molar-refractivity contribution in [2.75, 3.05) is 20.3 Å². The number of hydrogen-bond donors (Lipinski definition) is 2. The summed E-state index contributed by atoms with van der Waals surface area (Å²) in [5, 5.41) is 2.80. The number of aryl methyl sites for hydroxylation is 1. The van der Waals surface area contributed by atoms with Crippen LogP contribution in [-0.2, 0) is 16.0 Å². The van der Waals surface area contributed by atoms with E-state index in [2.05, 4.69) is 5.32 Å². The summed E-state index contributed by atoms with van der Waals surface area (Å²) in [6.45, 7) is 2.39. The Morgan fingerprint density at radius 3 is 3.10 bits per heavy atom. The van der Waals surface area contributed by atoms with Crippen molar-refractivity contribution in [3.05, 3.63) is 29.3 Å². The molecule has 0 radical (unpaired) electrons. The van der Waals surface area contributed by atoms with E-state index >= 15 is 0 Å². The number of fused-ring (bicyclic) bond motifs is 1. The van der Waals surface area contributed by atoms with Crippen LogP contribution in [0.5, 0.6) is 5.75 Å². The van der Waals surface area contributed by atoms with Gasteiger partial charge in [-0.3, -0.25) is 4.79 Å². The van der Waals surface area contributed by atoms with Gasteiger partial charge in [0.2, 0.25) is 0 Å². The summed E-state index contributed by atoms with van der Waals surface area (Å²) in [7, 11) is 1.61. The second-order valence-electron chi connectivity index (χ2n) is 5.22. The number of nitrogens with two attached hydrogens (primary N) is 1. The van der Waals surface area contributed by atoms with Gasteiger partial charge in [-0.25, -0.2) is 0 Å². The quantitative estimate of drug-likeness (QED) is 0.819. The summed E-state index contributed by atoms with van der Waals surface area (Å²) < 4.78 is 10.5. The van der Waals surface area contributed by atoms with Gasteiger partial charge in [-0.15, -0.1) is 0 Å². The summed E-state index contributed by atoms with van der Waals surface area (Å²) in [5.41, 5.74) is 8.40. The predicted molar refractivity (Wildman–Crippen MR) is 76.7 cm³/mol. The molecule has 1 aromatic rings. The Kier molecular flexibility index (Phi) is 4.98. The molecule has 1 amide bonds. The molecule has 0 spiro atoms. The van der Waals surface area contributed by atoms with Crippen LogP contribution in [0.3, 0.4) is 0 Å². The lowest BCUT2D eigenvalue weighted by atomic mass is 10.1. The molecule has 1 unspecified atom stereocenters. The minimum atomic E-state index is -0.147. The Morgan fingerprint density at radius 2 is 2.35 bits per heavy atom. The number of methoxy groups -OCH3 is 1. The lowest BCUT2D eigenvalue weighted by molar-refractivity contribution is -0.124. The summed E-state index contributed by atoms with van der Waals surface area (Å²) in [6, 6.07) is 5.96. The maximum Gasteiger partial charge on any atom is 0.258 e. The first-order valence-electron chi connectivity index (χ1n) is 6.89. The maximum atomic E-state index is 11.7. The highest BCUT2D eigenvalue weighted by atomic mass is 16.5. The predicted octanol–water partition coefficient (Wildman–Crippen LogP) is 1.16. The van der Waals surface area contributed by atoms with E-state index in [0.29, 0.717) is 12.4 Å². The first-order valence-corrected chi connectivity index (χ1v) is 6.89. The van der Waals surface area contributed by atoms with E-state index in [0.717, 1.165) is 12.8 Å². The summed E-state index contributed by atoms with van der Waals surface area (Å²) >= 11 is 0. The Labute approximate surface area is 119 Å². The van der Waals surface area contributed by atoms with Crippen LogP contribution >= 0.6 is 0 Å². The largest absolute Gasteiger partial charge is 0.484 e. The topological polar surface area (TPSA) is 73.6 Å². The number of amides is 1. The third-order valence-corrected chi connectivity index (χ3v) is 3.43. The van der Waals surface area contributed by atoms with Crippen molar-refractivity contribution in [2.24, 2.45) is 5.73 Å². The van der Waals surface area contributed by atoms with E-state index in [1.54, 1.807) is 7.11 Å². The second kappa shape index (κ2) is 6.72. The van der Waals surface area contributed by atoms with E-state index in [1.807, 2.05) is 25.1 Å². The van der Waals surface area contributed by atoms with E-state index in [9.17, 15) is 4.79 Å².